The molecule has 0 aliphatic heterocycles. The fraction of sp³-hybridized carbons (Fsp3) is 0.300. The molecular formula is C10H12ClFN2. The Hall–Kier alpha value is -1.11. The van der Waals surface area contributed by atoms with Gasteiger partial charge in [-0.05, 0) is 18.6 Å². The molecule has 4 heteroatoms. The van der Waals surface area contributed by atoms with Crippen LogP contribution in [0.3, 0.4) is 0 Å². The van der Waals surface area contributed by atoms with Gasteiger partial charge in [0, 0.05) is 11.6 Å². The Morgan fingerprint density at radius 3 is 2.71 bits per heavy atom. The van der Waals surface area contributed by atoms with Gasteiger partial charge in [-0.25, -0.2) is 4.39 Å². The van der Waals surface area contributed by atoms with Crippen molar-refractivity contribution >= 4 is 12.4 Å². The smallest absolute Gasteiger partial charge is 0.128 e. The molecule has 0 amide bonds. The number of nitrogens with zero attached hydrogens (tertiary/aromatic N) is 1. The highest BCUT2D eigenvalue weighted by Gasteiger charge is 2.10. The molecule has 0 fully saturated rings. The summed E-state index contributed by atoms with van der Waals surface area (Å²) in [5, 5.41) is 8.39. The van der Waals surface area contributed by atoms with E-state index in [4.69, 9.17) is 11.0 Å². The van der Waals surface area contributed by atoms with E-state index in [2.05, 4.69) is 0 Å². The molecule has 1 aromatic rings. The van der Waals surface area contributed by atoms with Crippen LogP contribution >= 0.6 is 12.4 Å². The molecule has 1 atom stereocenters. The number of nitrogens with two attached hydrogens (primary N) is 1. The van der Waals surface area contributed by atoms with Crippen molar-refractivity contribution in [3.05, 3.63) is 35.1 Å². The molecule has 2 N–H and O–H groups in total. The van der Waals surface area contributed by atoms with E-state index in [1.54, 1.807) is 12.1 Å². The van der Waals surface area contributed by atoms with Crippen molar-refractivity contribution in [3.63, 3.8) is 0 Å². The molecule has 14 heavy (non-hydrogen) atoms. The van der Waals surface area contributed by atoms with Crippen LogP contribution in [0.2, 0.25) is 0 Å². The molecule has 0 aromatic heterocycles. The molecule has 0 saturated carbocycles. The van der Waals surface area contributed by atoms with Crippen LogP contribution < -0.4 is 5.73 Å². The van der Waals surface area contributed by atoms with Crippen LogP contribution in [-0.2, 0) is 0 Å². The molecule has 0 aliphatic carbocycles. The molecule has 2 nitrogen and oxygen atoms in total. The summed E-state index contributed by atoms with van der Waals surface area (Å²) in [6, 6.07) is 6.24. The Balaban J connectivity index is 0.00000169. The van der Waals surface area contributed by atoms with Crippen LogP contribution in [0.25, 0.3) is 0 Å². The van der Waals surface area contributed by atoms with Gasteiger partial charge in [0.25, 0.3) is 0 Å². The predicted molar refractivity (Wildman–Crippen MR) is 55.5 cm³/mol. The fourth-order valence-corrected chi connectivity index (χ4v) is 1.14. The molecule has 1 aromatic carbocycles. The van der Waals surface area contributed by atoms with Crippen molar-refractivity contribution in [3.8, 4) is 6.07 Å². The average Bonchev–Trinajstić information content (AvgIpc) is 2.04. The Morgan fingerprint density at radius 2 is 2.21 bits per heavy atom. The van der Waals surface area contributed by atoms with Gasteiger partial charge in [0.05, 0.1) is 12.5 Å². The lowest BCUT2D eigenvalue weighted by Gasteiger charge is -2.09. The molecule has 1 rings (SSSR count). The first-order valence-electron chi connectivity index (χ1n) is 4.03. The first kappa shape index (κ1) is 12.9. The zero-order valence-electron chi connectivity index (χ0n) is 7.83. The molecule has 76 valence electrons. The number of nitriles is 1. The van der Waals surface area contributed by atoms with Gasteiger partial charge in [0.1, 0.15) is 5.82 Å². The van der Waals surface area contributed by atoms with Gasteiger partial charge in [0.2, 0.25) is 0 Å². The summed E-state index contributed by atoms with van der Waals surface area (Å²) < 4.78 is 13.2. The third kappa shape index (κ3) is 2.99. The third-order valence-electron chi connectivity index (χ3n) is 1.87. The largest absolute Gasteiger partial charge is 0.323 e. The number of rotatable bonds is 2. The quantitative estimate of drug-likeness (QED) is 0.822. The molecule has 0 radical (unpaired) electrons. The maximum absolute atomic E-state index is 13.2. The fourth-order valence-electron chi connectivity index (χ4n) is 1.14. The summed E-state index contributed by atoms with van der Waals surface area (Å²) in [5.41, 5.74) is 6.86. The Morgan fingerprint density at radius 1 is 1.57 bits per heavy atom. The van der Waals surface area contributed by atoms with E-state index in [9.17, 15) is 4.39 Å². The van der Waals surface area contributed by atoms with Gasteiger partial charge in [0.15, 0.2) is 0 Å². The first-order chi connectivity index (χ1) is 6.15. The lowest BCUT2D eigenvalue weighted by Crippen LogP contribution is -2.11. The highest BCUT2D eigenvalue weighted by Crippen LogP contribution is 2.18. The van der Waals surface area contributed by atoms with E-state index in [1.807, 2.05) is 13.0 Å². The summed E-state index contributed by atoms with van der Waals surface area (Å²) in [6.45, 7) is 1.81. The zero-order valence-corrected chi connectivity index (χ0v) is 8.64. The van der Waals surface area contributed by atoms with Crippen molar-refractivity contribution in [2.75, 3.05) is 0 Å². The van der Waals surface area contributed by atoms with Crippen LogP contribution in [0, 0.1) is 24.1 Å². The number of aryl methyl sites for hydroxylation is 1. The van der Waals surface area contributed by atoms with E-state index in [-0.39, 0.29) is 24.6 Å². The van der Waals surface area contributed by atoms with Gasteiger partial charge in [-0.2, -0.15) is 5.26 Å². The van der Waals surface area contributed by atoms with Gasteiger partial charge >= 0.3 is 0 Å². The van der Waals surface area contributed by atoms with Gasteiger partial charge in [-0.1, -0.05) is 12.1 Å². The number of hydrogen-bond donors (Lipinski definition) is 1. The molecule has 0 spiro atoms. The molecule has 0 bridgehead atoms. The Kier molecular flexibility index (Phi) is 5.14. The summed E-state index contributed by atoms with van der Waals surface area (Å²) in [5.74, 6) is -0.331. The monoisotopic (exact) mass is 214 g/mol. The molecule has 0 aliphatic rings. The number of halogens is 2. The van der Waals surface area contributed by atoms with Gasteiger partial charge < -0.3 is 5.73 Å². The zero-order chi connectivity index (χ0) is 9.84. The standard InChI is InChI=1S/C10H11FN2.ClH/c1-7-2-3-8(9(11)6-7)10(13)4-5-12;/h2-3,6,10H,4,13H2,1H3;1H/t10-;/m1./s1. The second-order valence-corrected chi connectivity index (χ2v) is 2.99. The van der Waals surface area contributed by atoms with E-state index >= 15 is 0 Å². The van der Waals surface area contributed by atoms with E-state index in [0.29, 0.717) is 5.56 Å². The highest BCUT2D eigenvalue weighted by atomic mass is 35.5. The Bertz CT molecular complexity index is 346. The SMILES string of the molecule is Cc1ccc([C@H](N)CC#N)c(F)c1.Cl. The maximum Gasteiger partial charge on any atom is 0.128 e. The maximum atomic E-state index is 13.2. The topological polar surface area (TPSA) is 49.8 Å². The summed E-state index contributed by atoms with van der Waals surface area (Å²) in [7, 11) is 0. The van der Waals surface area contributed by atoms with Crippen molar-refractivity contribution < 1.29 is 4.39 Å². The van der Waals surface area contributed by atoms with Crippen molar-refractivity contribution in [2.24, 2.45) is 5.73 Å². The van der Waals surface area contributed by atoms with E-state index in [0.717, 1.165) is 5.56 Å². The second-order valence-electron chi connectivity index (χ2n) is 2.99. The van der Waals surface area contributed by atoms with Crippen molar-refractivity contribution in [1.82, 2.24) is 0 Å². The number of benzene rings is 1. The molecule has 0 heterocycles. The summed E-state index contributed by atoms with van der Waals surface area (Å²) >= 11 is 0. The predicted octanol–water partition coefficient (Wildman–Crippen LogP) is 2.47. The lowest BCUT2D eigenvalue weighted by molar-refractivity contribution is 0.584. The van der Waals surface area contributed by atoms with Crippen molar-refractivity contribution in [1.29, 1.82) is 5.26 Å². The van der Waals surface area contributed by atoms with Crippen LogP contribution in [0.5, 0.6) is 0 Å². The van der Waals surface area contributed by atoms with E-state index < -0.39 is 6.04 Å². The first-order valence-corrected chi connectivity index (χ1v) is 4.03. The molecular weight excluding hydrogens is 203 g/mol. The summed E-state index contributed by atoms with van der Waals surface area (Å²) in [6.07, 6.45) is 0.139. The third-order valence-corrected chi connectivity index (χ3v) is 1.87. The summed E-state index contributed by atoms with van der Waals surface area (Å²) in [4.78, 5) is 0. The second kappa shape index (κ2) is 5.58. The number of hydrogen-bond acceptors (Lipinski definition) is 2. The highest BCUT2D eigenvalue weighted by molar-refractivity contribution is 5.85. The van der Waals surface area contributed by atoms with E-state index in [1.165, 1.54) is 6.07 Å². The van der Waals surface area contributed by atoms with Crippen LogP contribution in [0.1, 0.15) is 23.6 Å². The minimum atomic E-state index is -0.523. The molecule has 0 saturated heterocycles. The van der Waals surface area contributed by atoms with Crippen LogP contribution in [0.4, 0.5) is 4.39 Å². The molecule has 0 unspecified atom stereocenters. The minimum Gasteiger partial charge on any atom is -0.323 e. The average molecular weight is 215 g/mol. The van der Waals surface area contributed by atoms with Gasteiger partial charge in [-0.3, -0.25) is 0 Å². The normalized spacial score (nSPS) is 11.3. The van der Waals surface area contributed by atoms with Crippen molar-refractivity contribution in [2.45, 2.75) is 19.4 Å². The minimum absolute atomic E-state index is 0. The Labute approximate surface area is 88.9 Å². The van der Waals surface area contributed by atoms with Crippen LogP contribution in [-0.4, -0.2) is 0 Å². The lowest BCUT2D eigenvalue weighted by atomic mass is 10.0. The van der Waals surface area contributed by atoms with Gasteiger partial charge in [-0.15, -0.1) is 12.4 Å². The van der Waals surface area contributed by atoms with Crippen LogP contribution in [0.15, 0.2) is 18.2 Å².